The lowest BCUT2D eigenvalue weighted by molar-refractivity contribution is -0.144. The van der Waals surface area contributed by atoms with Crippen LogP contribution in [0.5, 0.6) is 5.75 Å². The molecular weight excluding hydrogens is 347 g/mol. The molecule has 27 heavy (non-hydrogen) atoms. The van der Waals surface area contributed by atoms with E-state index in [0.29, 0.717) is 18.7 Å². The van der Waals surface area contributed by atoms with Gasteiger partial charge in [0.05, 0.1) is 7.11 Å². The number of carboxylic acid groups (broad SMARTS) is 1. The number of benzene rings is 2. The highest BCUT2D eigenvalue weighted by Gasteiger charge is 2.32. The Morgan fingerprint density at radius 1 is 1.19 bits per heavy atom. The Morgan fingerprint density at radius 3 is 2.56 bits per heavy atom. The van der Waals surface area contributed by atoms with Crippen LogP contribution in [0.15, 0.2) is 42.5 Å². The zero-order valence-corrected chi connectivity index (χ0v) is 15.7. The summed E-state index contributed by atoms with van der Waals surface area (Å²) in [5.74, 6) is -0.614. The highest BCUT2D eigenvalue weighted by atomic mass is 19.1. The Labute approximate surface area is 159 Å². The van der Waals surface area contributed by atoms with Crippen LogP contribution in [-0.4, -0.2) is 54.2 Å². The standard InChI is InChI=1S/C21H25FN2O3/c1-15-5-3-8-18(19(15)22)20(21(25)26)24-11-9-23(10-12-24)14-16-6-4-7-17(13-16)27-2/h3-8,13,20H,9-12,14H2,1-2H3,(H,25,26). The van der Waals surface area contributed by atoms with Gasteiger partial charge < -0.3 is 9.84 Å². The molecule has 1 heterocycles. The van der Waals surface area contributed by atoms with E-state index >= 15 is 0 Å². The molecule has 1 saturated heterocycles. The maximum Gasteiger partial charge on any atom is 0.325 e. The van der Waals surface area contributed by atoms with Crippen LogP contribution in [0.1, 0.15) is 22.7 Å². The van der Waals surface area contributed by atoms with E-state index in [1.165, 1.54) is 0 Å². The first-order valence-corrected chi connectivity index (χ1v) is 9.06. The Bertz CT molecular complexity index is 804. The molecule has 1 fully saturated rings. The van der Waals surface area contributed by atoms with Gasteiger partial charge in [-0.2, -0.15) is 0 Å². The van der Waals surface area contributed by atoms with Gasteiger partial charge in [-0.3, -0.25) is 14.6 Å². The van der Waals surface area contributed by atoms with Crippen LogP contribution in [0.2, 0.25) is 0 Å². The van der Waals surface area contributed by atoms with E-state index in [4.69, 9.17) is 4.74 Å². The smallest absolute Gasteiger partial charge is 0.325 e. The van der Waals surface area contributed by atoms with Crippen LogP contribution in [-0.2, 0) is 11.3 Å². The normalized spacial score (nSPS) is 16.9. The van der Waals surface area contributed by atoms with Crippen molar-refractivity contribution in [3.63, 3.8) is 0 Å². The number of aliphatic carboxylic acids is 1. The van der Waals surface area contributed by atoms with E-state index < -0.39 is 17.8 Å². The van der Waals surface area contributed by atoms with Crippen molar-refractivity contribution in [3.8, 4) is 5.75 Å². The van der Waals surface area contributed by atoms with Gasteiger partial charge in [0.15, 0.2) is 0 Å². The lowest BCUT2D eigenvalue weighted by Gasteiger charge is -2.38. The van der Waals surface area contributed by atoms with Crippen LogP contribution in [0.3, 0.4) is 0 Å². The van der Waals surface area contributed by atoms with Crippen LogP contribution in [0.25, 0.3) is 0 Å². The number of piperazine rings is 1. The van der Waals surface area contributed by atoms with Gasteiger partial charge in [0.25, 0.3) is 0 Å². The number of methoxy groups -OCH3 is 1. The van der Waals surface area contributed by atoms with Gasteiger partial charge in [-0.15, -0.1) is 0 Å². The lowest BCUT2D eigenvalue weighted by atomic mass is 10.0. The molecule has 0 radical (unpaired) electrons. The molecule has 1 unspecified atom stereocenters. The van der Waals surface area contributed by atoms with Crippen LogP contribution >= 0.6 is 0 Å². The molecule has 1 aliphatic rings. The molecule has 2 aromatic rings. The van der Waals surface area contributed by atoms with Crippen molar-refractivity contribution in [2.75, 3.05) is 33.3 Å². The summed E-state index contributed by atoms with van der Waals surface area (Å²) in [5.41, 5.74) is 1.86. The summed E-state index contributed by atoms with van der Waals surface area (Å²) in [6.07, 6.45) is 0. The van der Waals surface area contributed by atoms with Gasteiger partial charge in [0, 0.05) is 38.3 Å². The molecule has 0 bridgehead atoms. The van der Waals surface area contributed by atoms with Crippen molar-refractivity contribution >= 4 is 5.97 Å². The summed E-state index contributed by atoms with van der Waals surface area (Å²) in [6.45, 7) is 5.05. The molecule has 1 N–H and O–H groups in total. The minimum atomic E-state index is -1.01. The van der Waals surface area contributed by atoms with Crippen molar-refractivity contribution in [2.24, 2.45) is 0 Å². The minimum Gasteiger partial charge on any atom is -0.497 e. The monoisotopic (exact) mass is 372 g/mol. The van der Waals surface area contributed by atoms with Crippen LogP contribution in [0.4, 0.5) is 4.39 Å². The Hall–Kier alpha value is -2.44. The third-order valence-corrected chi connectivity index (χ3v) is 5.06. The third kappa shape index (κ3) is 4.46. The SMILES string of the molecule is COc1cccc(CN2CCN(C(C(=O)O)c3cccc(C)c3F)CC2)c1. The van der Waals surface area contributed by atoms with Gasteiger partial charge in [-0.25, -0.2) is 4.39 Å². The number of ether oxygens (including phenoxy) is 1. The molecule has 0 spiro atoms. The number of hydrogen-bond acceptors (Lipinski definition) is 4. The quantitative estimate of drug-likeness (QED) is 0.845. The van der Waals surface area contributed by atoms with E-state index in [9.17, 15) is 14.3 Å². The first-order valence-electron chi connectivity index (χ1n) is 9.06. The lowest BCUT2D eigenvalue weighted by Crippen LogP contribution is -2.49. The summed E-state index contributed by atoms with van der Waals surface area (Å²) in [7, 11) is 1.65. The van der Waals surface area contributed by atoms with Crippen molar-refractivity contribution in [1.29, 1.82) is 0 Å². The second kappa shape index (κ2) is 8.50. The largest absolute Gasteiger partial charge is 0.497 e. The Balaban J connectivity index is 1.67. The third-order valence-electron chi connectivity index (χ3n) is 5.06. The molecule has 1 aliphatic heterocycles. The topological polar surface area (TPSA) is 53.0 Å². The maximum absolute atomic E-state index is 14.5. The molecule has 1 atom stereocenters. The van der Waals surface area contributed by atoms with E-state index in [2.05, 4.69) is 11.0 Å². The van der Waals surface area contributed by atoms with E-state index in [1.54, 1.807) is 32.2 Å². The number of halogens is 1. The van der Waals surface area contributed by atoms with Gasteiger partial charge >= 0.3 is 5.97 Å². The average molecular weight is 372 g/mol. The maximum atomic E-state index is 14.5. The number of hydrogen-bond donors (Lipinski definition) is 1. The molecule has 0 aromatic heterocycles. The summed E-state index contributed by atoms with van der Waals surface area (Å²) >= 11 is 0. The van der Waals surface area contributed by atoms with Gasteiger partial charge in [-0.1, -0.05) is 30.3 Å². The molecule has 0 amide bonds. The van der Waals surface area contributed by atoms with Gasteiger partial charge in [-0.05, 0) is 30.2 Å². The summed E-state index contributed by atoms with van der Waals surface area (Å²) < 4.78 is 19.8. The first-order chi connectivity index (χ1) is 13.0. The van der Waals surface area contributed by atoms with E-state index in [1.807, 2.05) is 23.1 Å². The predicted octanol–water partition coefficient (Wildman–Crippen LogP) is 3.09. The second-order valence-electron chi connectivity index (χ2n) is 6.88. The molecule has 3 rings (SSSR count). The fourth-order valence-electron chi connectivity index (χ4n) is 3.58. The van der Waals surface area contributed by atoms with Gasteiger partial charge in [0.2, 0.25) is 0 Å². The molecule has 0 aliphatic carbocycles. The Morgan fingerprint density at radius 2 is 1.89 bits per heavy atom. The van der Waals surface area contributed by atoms with Gasteiger partial charge in [0.1, 0.15) is 17.6 Å². The molecule has 5 nitrogen and oxygen atoms in total. The Kier molecular flexibility index (Phi) is 6.08. The molecule has 0 saturated carbocycles. The summed E-state index contributed by atoms with van der Waals surface area (Å²) in [4.78, 5) is 16.0. The van der Waals surface area contributed by atoms with E-state index in [0.717, 1.165) is 30.9 Å². The highest BCUT2D eigenvalue weighted by molar-refractivity contribution is 5.75. The fourth-order valence-corrected chi connectivity index (χ4v) is 3.58. The molecule has 144 valence electrons. The fraction of sp³-hybridized carbons (Fsp3) is 0.381. The second-order valence-corrected chi connectivity index (χ2v) is 6.88. The average Bonchev–Trinajstić information content (AvgIpc) is 2.66. The predicted molar refractivity (Wildman–Crippen MR) is 101 cm³/mol. The first kappa shape index (κ1) is 19.3. The van der Waals surface area contributed by atoms with Crippen LogP contribution in [0, 0.1) is 12.7 Å². The number of carbonyl (C=O) groups is 1. The van der Waals surface area contributed by atoms with Crippen LogP contribution < -0.4 is 4.74 Å². The van der Waals surface area contributed by atoms with Crippen molar-refractivity contribution < 1.29 is 19.0 Å². The van der Waals surface area contributed by atoms with E-state index in [-0.39, 0.29) is 5.56 Å². The zero-order valence-electron chi connectivity index (χ0n) is 15.7. The summed E-state index contributed by atoms with van der Waals surface area (Å²) in [6, 6.07) is 11.9. The highest BCUT2D eigenvalue weighted by Crippen LogP contribution is 2.27. The molecule has 6 heteroatoms. The van der Waals surface area contributed by atoms with Crippen molar-refractivity contribution in [1.82, 2.24) is 9.80 Å². The zero-order chi connectivity index (χ0) is 19.4. The number of nitrogens with zero attached hydrogens (tertiary/aromatic N) is 2. The number of carboxylic acids is 1. The molecular formula is C21H25FN2O3. The molecule has 2 aromatic carbocycles. The number of aryl methyl sites for hydroxylation is 1. The van der Waals surface area contributed by atoms with Crippen molar-refractivity contribution in [3.05, 3.63) is 65.0 Å². The van der Waals surface area contributed by atoms with Crippen molar-refractivity contribution in [2.45, 2.75) is 19.5 Å². The summed E-state index contributed by atoms with van der Waals surface area (Å²) in [5, 5.41) is 9.72. The minimum absolute atomic E-state index is 0.240. The number of rotatable bonds is 6.